The molecular weight excluding hydrogens is 370 g/mol. The van der Waals surface area contributed by atoms with E-state index in [1.165, 1.54) is 0 Å². The molecule has 8 heteroatoms. The predicted molar refractivity (Wildman–Crippen MR) is 108 cm³/mol. The van der Waals surface area contributed by atoms with Gasteiger partial charge in [0, 0.05) is 24.7 Å². The van der Waals surface area contributed by atoms with Gasteiger partial charge in [0.25, 0.3) is 11.8 Å². The van der Waals surface area contributed by atoms with Crippen LogP contribution in [-0.2, 0) is 0 Å². The van der Waals surface area contributed by atoms with Crippen LogP contribution in [0.3, 0.4) is 0 Å². The average Bonchev–Trinajstić information content (AvgIpc) is 3.31. The highest BCUT2D eigenvalue weighted by molar-refractivity contribution is 5.96. The molecule has 4 rings (SSSR count). The third-order valence-electron chi connectivity index (χ3n) is 5.42. The third kappa shape index (κ3) is 3.49. The van der Waals surface area contributed by atoms with Crippen molar-refractivity contribution >= 4 is 17.6 Å². The highest BCUT2D eigenvalue weighted by Gasteiger charge is 2.28. The number of primary amides is 1. The Hall–Kier alpha value is -3.55. The normalized spacial score (nSPS) is 14.9. The van der Waals surface area contributed by atoms with Crippen LogP contribution in [0.15, 0.2) is 47.1 Å². The summed E-state index contributed by atoms with van der Waals surface area (Å²) in [5.74, 6) is 0.898. The maximum atomic E-state index is 13.0. The van der Waals surface area contributed by atoms with Gasteiger partial charge in [-0.05, 0) is 25.8 Å². The molecular formula is C21H23N5O3. The maximum Gasteiger partial charge on any atom is 0.271 e. The monoisotopic (exact) mass is 393 g/mol. The Morgan fingerprint density at radius 2 is 1.86 bits per heavy atom. The summed E-state index contributed by atoms with van der Waals surface area (Å²) in [5.41, 5.74) is 12.9. The van der Waals surface area contributed by atoms with Gasteiger partial charge < -0.3 is 25.4 Å². The van der Waals surface area contributed by atoms with Gasteiger partial charge in [-0.25, -0.2) is 4.98 Å². The van der Waals surface area contributed by atoms with Crippen molar-refractivity contribution in [2.45, 2.75) is 25.8 Å². The maximum absolute atomic E-state index is 13.0. The van der Waals surface area contributed by atoms with Crippen molar-refractivity contribution in [2.75, 3.05) is 18.8 Å². The Morgan fingerprint density at radius 3 is 2.48 bits per heavy atom. The molecule has 0 unspecified atom stereocenters. The summed E-state index contributed by atoms with van der Waals surface area (Å²) in [4.78, 5) is 30.2. The molecule has 29 heavy (non-hydrogen) atoms. The number of imidazole rings is 1. The first-order valence-corrected chi connectivity index (χ1v) is 9.53. The molecule has 1 aromatic carbocycles. The number of carbonyl (C=O) groups is 2. The van der Waals surface area contributed by atoms with Crippen LogP contribution in [0.1, 0.15) is 45.5 Å². The van der Waals surface area contributed by atoms with Crippen molar-refractivity contribution in [3.8, 4) is 11.3 Å². The second-order valence-electron chi connectivity index (χ2n) is 7.22. The Balaban J connectivity index is 1.46. The molecule has 150 valence electrons. The van der Waals surface area contributed by atoms with E-state index < -0.39 is 5.91 Å². The number of anilines is 1. The summed E-state index contributed by atoms with van der Waals surface area (Å²) in [5, 5.41) is 0. The first kappa shape index (κ1) is 18.8. The van der Waals surface area contributed by atoms with Gasteiger partial charge in [0.15, 0.2) is 5.69 Å². The Bertz CT molecular complexity index is 1050. The number of likely N-dealkylation sites (tertiary alicyclic amines) is 1. The van der Waals surface area contributed by atoms with E-state index in [9.17, 15) is 9.59 Å². The lowest BCUT2D eigenvalue weighted by Gasteiger charge is -2.32. The van der Waals surface area contributed by atoms with Gasteiger partial charge in [-0.2, -0.15) is 0 Å². The van der Waals surface area contributed by atoms with E-state index in [0.717, 1.165) is 5.56 Å². The van der Waals surface area contributed by atoms with Crippen molar-refractivity contribution < 1.29 is 14.0 Å². The SMILES string of the molecule is Cc1oc(-c2ccccc2)cc1C(=O)N1CCC(n2cnc(C(N)=O)c2N)CC1. The number of nitrogens with zero attached hydrogens (tertiary/aromatic N) is 3. The Morgan fingerprint density at radius 1 is 1.17 bits per heavy atom. The molecule has 0 radical (unpaired) electrons. The average molecular weight is 393 g/mol. The molecule has 1 fully saturated rings. The fourth-order valence-electron chi connectivity index (χ4n) is 3.81. The number of piperidine rings is 1. The van der Waals surface area contributed by atoms with Gasteiger partial charge in [-0.15, -0.1) is 0 Å². The first-order valence-electron chi connectivity index (χ1n) is 9.53. The Kier molecular flexibility index (Phi) is 4.84. The van der Waals surface area contributed by atoms with Crippen molar-refractivity contribution in [2.24, 2.45) is 5.73 Å². The number of carbonyl (C=O) groups excluding carboxylic acids is 2. The molecule has 0 bridgehead atoms. The number of nitrogen functional groups attached to an aromatic ring is 1. The van der Waals surface area contributed by atoms with Gasteiger partial charge >= 0.3 is 0 Å². The quantitative estimate of drug-likeness (QED) is 0.706. The molecule has 2 amide bonds. The molecule has 2 aromatic heterocycles. The molecule has 3 heterocycles. The minimum absolute atomic E-state index is 0.0386. The van der Waals surface area contributed by atoms with E-state index in [1.54, 1.807) is 10.9 Å². The lowest BCUT2D eigenvalue weighted by molar-refractivity contribution is 0.0693. The van der Waals surface area contributed by atoms with E-state index in [0.29, 0.717) is 43.0 Å². The molecule has 4 N–H and O–H groups in total. The van der Waals surface area contributed by atoms with Crippen molar-refractivity contribution in [1.29, 1.82) is 0 Å². The fourth-order valence-corrected chi connectivity index (χ4v) is 3.81. The first-order chi connectivity index (χ1) is 14.0. The molecule has 0 spiro atoms. The van der Waals surface area contributed by atoms with Crippen LogP contribution >= 0.6 is 0 Å². The number of aromatic nitrogens is 2. The summed E-state index contributed by atoms with van der Waals surface area (Å²) in [6.07, 6.45) is 2.98. The molecule has 0 atom stereocenters. The summed E-state index contributed by atoms with van der Waals surface area (Å²) in [6.45, 7) is 2.97. The number of furan rings is 1. The zero-order valence-corrected chi connectivity index (χ0v) is 16.2. The predicted octanol–water partition coefficient (Wildman–Crippen LogP) is 2.61. The van der Waals surface area contributed by atoms with Crippen LogP contribution in [0.25, 0.3) is 11.3 Å². The number of aryl methyl sites for hydroxylation is 1. The summed E-state index contributed by atoms with van der Waals surface area (Å²) >= 11 is 0. The molecule has 3 aromatic rings. The summed E-state index contributed by atoms with van der Waals surface area (Å²) < 4.78 is 7.60. The van der Waals surface area contributed by atoms with Gasteiger partial charge in [0.1, 0.15) is 17.3 Å². The van der Waals surface area contributed by atoms with E-state index in [-0.39, 0.29) is 23.5 Å². The number of benzene rings is 1. The molecule has 1 aliphatic heterocycles. The second kappa shape index (κ2) is 7.46. The highest BCUT2D eigenvalue weighted by atomic mass is 16.3. The number of amides is 2. The van der Waals surface area contributed by atoms with Gasteiger partial charge in [0.2, 0.25) is 0 Å². The van der Waals surface area contributed by atoms with E-state index in [2.05, 4.69) is 4.98 Å². The molecule has 8 nitrogen and oxygen atoms in total. The minimum atomic E-state index is -0.640. The van der Waals surface area contributed by atoms with E-state index in [1.807, 2.05) is 48.2 Å². The molecule has 0 aliphatic carbocycles. The lowest BCUT2D eigenvalue weighted by Crippen LogP contribution is -2.39. The molecule has 1 saturated heterocycles. The fraction of sp³-hybridized carbons (Fsp3) is 0.286. The molecule has 0 saturated carbocycles. The van der Waals surface area contributed by atoms with Crippen LogP contribution in [0.2, 0.25) is 0 Å². The largest absolute Gasteiger partial charge is 0.461 e. The number of nitrogens with two attached hydrogens (primary N) is 2. The zero-order chi connectivity index (χ0) is 20.5. The van der Waals surface area contributed by atoms with Crippen molar-refractivity contribution in [1.82, 2.24) is 14.5 Å². The van der Waals surface area contributed by atoms with E-state index >= 15 is 0 Å². The van der Waals surface area contributed by atoms with Gasteiger partial charge in [-0.3, -0.25) is 9.59 Å². The second-order valence-corrected chi connectivity index (χ2v) is 7.22. The van der Waals surface area contributed by atoms with Crippen molar-refractivity contribution in [3.63, 3.8) is 0 Å². The van der Waals surface area contributed by atoms with Crippen LogP contribution in [0.5, 0.6) is 0 Å². The van der Waals surface area contributed by atoms with E-state index in [4.69, 9.17) is 15.9 Å². The third-order valence-corrected chi connectivity index (χ3v) is 5.42. The number of hydrogen-bond donors (Lipinski definition) is 2. The van der Waals surface area contributed by atoms with Gasteiger partial charge in [0.05, 0.1) is 11.9 Å². The summed E-state index contributed by atoms with van der Waals surface area (Å²) in [7, 11) is 0. The van der Waals surface area contributed by atoms with Crippen LogP contribution < -0.4 is 11.5 Å². The van der Waals surface area contributed by atoms with Crippen LogP contribution in [-0.4, -0.2) is 39.4 Å². The van der Waals surface area contributed by atoms with Crippen molar-refractivity contribution in [3.05, 3.63) is 59.7 Å². The number of hydrogen-bond acceptors (Lipinski definition) is 5. The standard InChI is InChI=1S/C21H23N5O3/c1-13-16(11-17(29-13)14-5-3-2-4-6-14)21(28)25-9-7-15(8-10-25)26-12-24-18(19(26)22)20(23)27/h2-6,11-12,15H,7-10,22H2,1H3,(H2,23,27). The van der Waals surface area contributed by atoms with Crippen LogP contribution in [0, 0.1) is 6.92 Å². The topological polar surface area (TPSA) is 120 Å². The zero-order valence-electron chi connectivity index (χ0n) is 16.2. The highest BCUT2D eigenvalue weighted by Crippen LogP contribution is 2.30. The number of rotatable bonds is 4. The smallest absolute Gasteiger partial charge is 0.271 e. The Labute approximate surface area is 168 Å². The minimum Gasteiger partial charge on any atom is -0.461 e. The molecule has 1 aliphatic rings. The van der Waals surface area contributed by atoms with Gasteiger partial charge in [-0.1, -0.05) is 30.3 Å². The lowest BCUT2D eigenvalue weighted by atomic mass is 10.0. The summed E-state index contributed by atoms with van der Waals surface area (Å²) in [6, 6.07) is 11.6. The van der Waals surface area contributed by atoms with Crippen LogP contribution in [0.4, 0.5) is 5.82 Å².